The number of hydrogen-bond donors (Lipinski definition) is 1. The van der Waals surface area contributed by atoms with E-state index in [-0.39, 0.29) is 6.09 Å². The fourth-order valence-electron chi connectivity index (χ4n) is 2.49. The number of benzene rings is 2. The van der Waals surface area contributed by atoms with Gasteiger partial charge in [-0.3, -0.25) is 0 Å². The highest BCUT2D eigenvalue weighted by atomic mass is 16.6. The molecule has 0 aliphatic carbocycles. The summed E-state index contributed by atoms with van der Waals surface area (Å²) < 4.78 is 11.1. The highest BCUT2D eigenvalue weighted by Gasteiger charge is 2.15. The third kappa shape index (κ3) is 8.06. The van der Waals surface area contributed by atoms with Crippen molar-refractivity contribution < 1.29 is 14.3 Å². The largest absolute Gasteiger partial charge is 0.489 e. The van der Waals surface area contributed by atoms with Gasteiger partial charge in [-0.25, -0.2) is 4.79 Å². The number of ether oxygens (including phenoxy) is 2. The molecule has 2 aromatic carbocycles. The molecule has 0 aromatic heterocycles. The van der Waals surface area contributed by atoms with Gasteiger partial charge in [0.05, 0.1) is 0 Å². The van der Waals surface area contributed by atoms with E-state index >= 15 is 0 Å². The molecule has 4 nitrogen and oxygen atoms in total. The first-order chi connectivity index (χ1) is 12.4. The molecule has 0 bridgehead atoms. The molecule has 0 heterocycles. The van der Waals surface area contributed by atoms with E-state index < -0.39 is 5.60 Å². The zero-order valence-corrected chi connectivity index (χ0v) is 16.0. The summed E-state index contributed by atoms with van der Waals surface area (Å²) in [7, 11) is 0. The van der Waals surface area contributed by atoms with Crippen molar-refractivity contribution in [3.63, 3.8) is 0 Å². The predicted octanol–water partition coefficient (Wildman–Crippen LogP) is 5.11. The van der Waals surface area contributed by atoms with Crippen LogP contribution in [0.1, 0.15) is 44.7 Å². The van der Waals surface area contributed by atoms with E-state index in [1.807, 2.05) is 51.1 Å². The Morgan fingerprint density at radius 2 is 1.69 bits per heavy atom. The van der Waals surface area contributed by atoms with Crippen molar-refractivity contribution in [2.75, 3.05) is 6.54 Å². The highest BCUT2D eigenvalue weighted by Crippen LogP contribution is 2.17. The van der Waals surface area contributed by atoms with Crippen LogP contribution < -0.4 is 10.1 Å². The van der Waals surface area contributed by atoms with Gasteiger partial charge in [0.25, 0.3) is 0 Å². The molecule has 0 saturated carbocycles. The standard InChI is InChI=1S/C22H29NO3/c1-22(2,3)26-21(24)23-15-8-7-10-18-13-9-14-20(16-18)25-17-19-11-5-4-6-12-19/h4-6,9,11-14,16H,7-8,10,15,17H2,1-3H3,(H,23,24). The van der Waals surface area contributed by atoms with Crippen LogP contribution in [0.15, 0.2) is 54.6 Å². The maximum absolute atomic E-state index is 11.6. The fourth-order valence-corrected chi connectivity index (χ4v) is 2.49. The van der Waals surface area contributed by atoms with E-state index in [1.54, 1.807) is 0 Å². The second-order valence-electron chi connectivity index (χ2n) is 7.31. The van der Waals surface area contributed by atoms with Crippen LogP contribution in [-0.2, 0) is 17.8 Å². The van der Waals surface area contributed by atoms with Crippen molar-refractivity contribution in [3.8, 4) is 5.75 Å². The van der Waals surface area contributed by atoms with Crippen molar-refractivity contribution in [1.82, 2.24) is 5.32 Å². The third-order valence-electron chi connectivity index (χ3n) is 3.71. The van der Waals surface area contributed by atoms with Gasteiger partial charge < -0.3 is 14.8 Å². The Hall–Kier alpha value is -2.49. The van der Waals surface area contributed by atoms with E-state index in [4.69, 9.17) is 9.47 Å². The summed E-state index contributed by atoms with van der Waals surface area (Å²) in [6.45, 7) is 6.78. The molecule has 140 valence electrons. The smallest absolute Gasteiger partial charge is 0.407 e. The van der Waals surface area contributed by atoms with E-state index in [2.05, 4.69) is 29.6 Å². The summed E-state index contributed by atoms with van der Waals surface area (Å²) >= 11 is 0. The van der Waals surface area contributed by atoms with Crippen molar-refractivity contribution in [3.05, 3.63) is 65.7 Å². The lowest BCUT2D eigenvalue weighted by molar-refractivity contribution is 0.0527. The van der Waals surface area contributed by atoms with Gasteiger partial charge in [0.2, 0.25) is 0 Å². The van der Waals surface area contributed by atoms with Crippen LogP contribution in [0.25, 0.3) is 0 Å². The van der Waals surface area contributed by atoms with Crippen molar-refractivity contribution in [2.45, 2.75) is 52.2 Å². The highest BCUT2D eigenvalue weighted by molar-refractivity contribution is 5.67. The summed E-state index contributed by atoms with van der Waals surface area (Å²) in [5.74, 6) is 0.887. The van der Waals surface area contributed by atoms with Gasteiger partial charge in [-0.05, 0) is 63.3 Å². The monoisotopic (exact) mass is 355 g/mol. The van der Waals surface area contributed by atoms with E-state index in [0.717, 1.165) is 30.6 Å². The van der Waals surface area contributed by atoms with Gasteiger partial charge in [0, 0.05) is 6.54 Å². The molecule has 0 aliphatic rings. The van der Waals surface area contributed by atoms with Crippen LogP contribution in [0.5, 0.6) is 5.75 Å². The van der Waals surface area contributed by atoms with Crippen LogP contribution in [0.2, 0.25) is 0 Å². The zero-order chi connectivity index (χ0) is 18.8. The van der Waals surface area contributed by atoms with Gasteiger partial charge in [0.15, 0.2) is 0 Å². The lowest BCUT2D eigenvalue weighted by atomic mass is 10.1. The molecule has 0 atom stereocenters. The summed E-state index contributed by atoms with van der Waals surface area (Å²) in [5, 5.41) is 2.79. The average molecular weight is 355 g/mol. The number of carbonyl (C=O) groups is 1. The number of amides is 1. The third-order valence-corrected chi connectivity index (χ3v) is 3.71. The second kappa shape index (κ2) is 9.85. The first-order valence-corrected chi connectivity index (χ1v) is 9.15. The number of carbonyl (C=O) groups excluding carboxylic acids is 1. The Bertz CT molecular complexity index is 677. The molecule has 26 heavy (non-hydrogen) atoms. The molecule has 0 spiro atoms. The molecule has 0 unspecified atom stereocenters. The number of nitrogens with one attached hydrogen (secondary N) is 1. The Morgan fingerprint density at radius 1 is 0.962 bits per heavy atom. The zero-order valence-electron chi connectivity index (χ0n) is 16.0. The van der Waals surface area contributed by atoms with Crippen LogP contribution >= 0.6 is 0 Å². The van der Waals surface area contributed by atoms with Gasteiger partial charge >= 0.3 is 6.09 Å². The minimum absolute atomic E-state index is 0.353. The average Bonchev–Trinajstić information content (AvgIpc) is 2.59. The number of aryl methyl sites for hydroxylation is 1. The topological polar surface area (TPSA) is 47.6 Å². The fraction of sp³-hybridized carbons (Fsp3) is 0.409. The second-order valence-corrected chi connectivity index (χ2v) is 7.31. The molecule has 2 rings (SSSR count). The Kier molecular flexibility index (Phi) is 7.52. The molecule has 0 fully saturated rings. The quantitative estimate of drug-likeness (QED) is 0.669. The van der Waals surface area contributed by atoms with Gasteiger partial charge in [-0.2, -0.15) is 0 Å². The Balaban J connectivity index is 1.67. The molecule has 0 saturated heterocycles. The lowest BCUT2D eigenvalue weighted by Gasteiger charge is -2.19. The van der Waals surface area contributed by atoms with Crippen molar-refractivity contribution in [2.24, 2.45) is 0 Å². The summed E-state index contributed by atoms with van der Waals surface area (Å²) in [6.07, 6.45) is 2.51. The SMILES string of the molecule is CC(C)(C)OC(=O)NCCCCc1cccc(OCc2ccccc2)c1. The molecular weight excluding hydrogens is 326 g/mol. The number of hydrogen-bond acceptors (Lipinski definition) is 3. The summed E-state index contributed by atoms with van der Waals surface area (Å²) in [6, 6.07) is 18.3. The first-order valence-electron chi connectivity index (χ1n) is 9.15. The van der Waals surface area contributed by atoms with E-state index in [1.165, 1.54) is 5.56 Å². The molecule has 2 aromatic rings. The Labute approximate surface area is 156 Å². The Morgan fingerprint density at radius 3 is 2.42 bits per heavy atom. The molecule has 0 radical (unpaired) electrons. The maximum atomic E-state index is 11.6. The minimum atomic E-state index is -0.454. The van der Waals surface area contributed by atoms with Crippen LogP contribution in [0, 0.1) is 0 Å². The number of alkyl carbamates (subject to hydrolysis) is 1. The normalized spacial score (nSPS) is 11.0. The summed E-state index contributed by atoms with van der Waals surface area (Å²) in [4.78, 5) is 11.6. The van der Waals surface area contributed by atoms with Crippen LogP contribution in [0.4, 0.5) is 4.79 Å². The van der Waals surface area contributed by atoms with E-state index in [0.29, 0.717) is 13.2 Å². The summed E-state index contributed by atoms with van der Waals surface area (Å²) in [5.41, 5.74) is 1.95. The van der Waals surface area contributed by atoms with Crippen molar-refractivity contribution in [1.29, 1.82) is 0 Å². The minimum Gasteiger partial charge on any atom is -0.489 e. The molecule has 1 amide bonds. The van der Waals surface area contributed by atoms with Crippen LogP contribution in [-0.4, -0.2) is 18.2 Å². The van der Waals surface area contributed by atoms with Crippen molar-refractivity contribution >= 4 is 6.09 Å². The molecule has 1 N–H and O–H groups in total. The molecule has 4 heteroatoms. The first kappa shape index (κ1) is 19.8. The van der Waals surface area contributed by atoms with Crippen LogP contribution in [0.3, 0.4) is 0 Å². The van der Waals surface area contributed by atoms with Gasteiger partial charge in [0.1, 0.15) is 18.0 Å². The maximum Gasteiger partial charge on any atom is 0.407 e. The van der Waals surface area contributed by atoms with Gasteiger partial charge in [-0.15, -0.1) is 0 Å². The lowest BCUT2D eigenvalue weighted by Crippen LogP contribution is -2.33. The number of unbranched alkanes of at least 4 members (excludes halogenated alkanes) is 1. The molecule has 0 aliphatic heterocycles. The molecular formula is C22H29NO3. The predicted molar refractivity (Wildman–Crippen MR) is 104 cm³/mol. The van der Waals surface area contributed by atoms with Gasteiger partial charge in [-0.1, -0.05) is 42.5 Å². The van der Waals surface area contributed by atoms with E-state index in [9.17, 15) is 4.79 Å². The number of rotatable bonds is 8.